The molecule has 6 rings (SSSR count). The monoisotopic (exact) mass is 521 g/mol. The molecule has 2 atom stereocenters. The van der Waals surface area contributed by atoms with E-state index in [2.05, 4.69) is 25.3 Å². The van der Waals surface area contributed by atoms with Gasteiger partial charge < -0.3 is 15.6 Å². The Morgan fingerprint density at radius 1 is 1.28 bits per heavy atom. The largest absolute Gasteiger partial charge is 0.405 e. The number of rotatable bonds is 5. The molecule has 10 nitrogen and oxygen atoms in total. The zero-order valence-corrected chi connectivity index (χ0v) is 19.7. The molecule has 2 unspecified atom stereocenters. The highest BCUT2D eigenvalue weighted by Crippen LogP contribution is 2.49. The summed E-state index contributed by atoms with van der Waals surface area (Å²) in [7, 11) is -3.63. The lowest BCUT2D eigenvalue weighted by Crippen LogP contribution is -2.62. The molecule has 1 saturated carbocycles. The first-order valence-corrected chi connectivity index (χ1v) is 13.0. The van der Waals surface area contributed by atoms with Crippen LogP contribution in [0.2, 0.25) is 0 Å². The van der Waals surface area contributed by atoms with Crippen molar-refractivity contribution < 1.29 is 26.4 Å². The summed E-state index contributed by atoms with van der Waals surface area (Å²) >= 11 is 0. The van der Waals surface area contributed by atoms with Gasteiger partial charge in [-0.1, -0.05) is 0 Å². The highest BCUT2D eigenvalue weighted by Gasteiger charge is 2.55. The van der Waals surface area contributed by atoms with E-state index in [1.807, 2.05) is 11.4 Å². The van der Waals surface area contributed by atoms with Crippen molar-refractivity contribution in [2.75, 3.05) is 18.4 Å². The second-order valence-corrected chi connectivity index (χ2v) is 11.6. The van der Waals surface area contributed by atoms with Crippen LogP contribution in [0.25, 0.3) is 22.4 Å². The second kappa shape index (κ2) is 7.87. The summed E-state index contributed by atoms with van der Waals surface area (Å²) in [5.41, 5.74) is 0.325. The van der Waals surface area contributed by atoms with Gasteiger partial charge in [0.25, 0.3) is 0 Å². The number of aromatic amines is 1. The summed E-state index contributed by atoms with van der Waals surface area (Å²) in [5.74, 6) is -0.300. The SMILES string of the molecule is O=C(NCC(F)(F)F)C12CCN(S(=O)(=O)C3CC3)C(C1)c1cnc(-c3c[nH]c4ncccc34)nc1N2. The Hall–Kier alpha value is -3.26. The number of halogens is 3. The number of alkyl halides is 3. The van der Waals surface area contributed by atoms with Crippen LogP contribution >= 0.6 is 0 Å². The third kappa shape index (κ3) is 3.79. The van der Waals surface area contributed by atoms with Crippen LogP contribution in [0.15, 0.2) is 30.7 Å². The van der Waals surface area contributed by atoms with Gasteiger partial charge in [-0.15, -0.1) is 0 Å². The summed E-state index contributed by atoms with van der Waals surface area (Å²) < 4.78 is 66.3. The maximum atomic E-state index is 13.2. The second-order valence-electron chi connectivity index (χ2n) is 9.43. The van der Waals surface area contributed by atoms with Gasteiger partial charge in [0.05, 0.1) is 11.3 Å². The molecule has 3 aliphatic rings. The van der Waals surface area contributed by atoms with Crippen LogP contribution in [0.4, 0.5) is 19.0 Å². The van der Waals surface area contributed by atoms with Gasteiger partial charge >= 0.3 is 6.18 Å². The number of aromatic nitrogens is 4. The average molecular weight is 522 g/mol. The molecule has 3 aromatic heterocycles. The maximum absolute atomic E-state index is 13.2. The predicted molar refractivity (Wildman–Crippen MR) is 123 cm³/mol. The molecule has 190 valence electrons. The lowest BCUT2D eigenvalue weighted by Gasteiger charge is -2.49. The van der Waals surface area contributed by atoms with E-state index in [1.165, 1.54) is 10.5 Å². The van der Waals surface area contributed by atoms with Crippen LogP contribution in [0.3, 0.4) is 0 Å². The Labute approximate surface area is 203 Å². The number of fused-ring (bicyclic) bond motifs is 5. The summed E-state index contributed by atoms with van der Waals surface area (Å²) in [5, 5.41) is 5.34. The van der Waals surface area contributed by atoms with Crippen molar-refractivity contribution in [3.63, 3.8) is 0 Å². The molecular weight excluding hydrogens is 499 g/mol. The fourth-order valence-corrected chi connectivity index (χ4v) is 7.08. The van der Waals surface area contributed by atoms with E-state index in [9.17, 15) is 26.4 Å². The van der Waals surface area contributed by atoms with E-state index >= 15 is 0 Å². The number of anilines is 1. The quantitative estimate of drug-likeness (QED) is 0.470. The number of hydrogen-bond donors (Lipinski definition) is 3. The van der Waals surface area contributed by atoms with Gasteiger partial charge in [-0.25, -0.2) is 23.4 Å². The molecule has 2 bridgehead atoms. The van der Waals surface area contributed by atoms with Gasteiger partial charge in [-0.2, -0.15) is 17.5 Å². The summed E-state index contributed by atoms with van der Waals surface area (Å²) in [6.07, 6.45) is 1.41. The van der Waals surface area contributed by atoms with E-state index in [4.69, 9.17) is 0 Å². The molecule has 5 heterocycles. The number of pyridine rings is 1. The van der Waals surface area contributed by atoms with Gasteiger partial charge in [0.2, 0.25) is 15.9 Å². The van der Waals surface area contributed by atoms with Crippen molar-refractivity contribution in [3.8, 4) is 11.4 Å². The first-order chi connectivity index (χ1) is 17.1. The lowest BCUT2D eigenvalue weighted by atomic mass is 9.78. The molecule has 36 heavy (non-hydrogen) atoms. The van der Waals surface area contributed by atoms with Gasteiger partial charge in [-0.05, 0) is 31.4 Å². The van der Waals surface area contributed by atoms with Crippen molar-refractivity contribution in [2.45, 2.75) is 48.7 Å². The zero-order valence-electron chi connectivity index (χ0n) is 18.8. The molecule has 1 aliphatic carbocycles. The molecule has 2 fully saturated rings. The Balaban J connectivity index is 1.42. The van der Waals surface area contributed by atoms with E-state index in [0.717, 1.165) is 5.39 Å². The van der Waals surface area contributed by atoms with E-state index in [-0.39, 0.29) is 25.2 Å². The summed E-state index contributed by atoms with van der Waals surface area (Å²) in [6, 6.07) is 2.84. The number of carbonyl (C=O) groups excluding carboxylic acids is 1. The smallest absolute Gasteiger partial charge is 0.355 e. The zero-order chi connectivity index (χ0) is 25.3. The number of amides is 1. The molecule has 14 heteroatoms. The molecule has 2 aliphatic heterocycles. The highest BCUT2D eigenvalue weighted by molar-refractivity contribution is 7.90. The Bertz CT molecular complexity index is 1470. The van der Waals surface area contributed by atoms with E-state index in [1.54, 1.807) is 18.5 Å². The number of nitrogens with one attached hydrogen (secondary N) is 3. The third-order valence-corrected chi connectivity index (χ3v) is 9.44. The fourth-order valence-electron chi connectivity index (χ4n) is 5.08. The van der Waals surface area contributed by atoms with Crippen LogP contribution in [-0.4, -0.2) is 68.6 Å². The van der Waals surface area contributed by atoms with Crippen LogP contribution in [0.5, 0.6) is 0 Å². The van der Waals surface area contributed by atoms with Crippen molar-refractivity contribution in [2.24, 2.45) is 0 Å². The third-order valence-electron chi connectivity index (χ3n) is 7.03. The van der Waals surface area contributed by atoms with E-state index in [0.29, 0.717) is 35.4 Å². The van der Waals surface area contributed by atoms with Crippen molar-refractivity contribution >= 4 is 32.8 Å². The predicted octanol–water partition coefficient (Wildman–Crippen LogP) is 2.49. The van der Waals surface area contributed by atoms with Crippen LogP contribution < -0.4 is 10.6 Å². The van der Waals surface area contributed by atoms with Crippen molar-refractivity contribution in [1.82, 2.24) is 29.6 Å². The minimum atomic E-state index is -4.58. The fraction of sp³-hybridized carbons (Fsp3) is 0.455. The maximum Gasteiger partial charge on any atom is 0.405 e. The summed E-state index contributed by atoms with van der Waals surface area (Å²) in [6.45, 7) is -1.47. The number of hydrogen-bond acceptors (Lipinski definition) is 7. The molecule has 0 spiro atoms. The van der Waals surface area contributed by atoms with Crippen molar-refractivity contribution in [3.05, 3.63) is 36.3 Å². The number of piperidine rings is 1. The molecule has 0 aromatic carbocycles. The number of carbonyl (C=O) groups is 1. The molecule has 1 saturated heterocycles. The molecule has 0 radical (unpaired) electrons. The topological polar surface area (TPSA) is 133 Å². The lowest BCUT2D eigenvalue weighted by molar-refractivity contribution is -0.142. The average Bonchev–Trinajstić information content (AvgIpc) is 3.62. The Kier molecular flexibility index (Phi) is 5.06. The summed E-state index contributed by atoms with van der Waals surface area (Å²) in [4.78, 5) is 29.5. The minimum absolute atomic E-state index is 0.00521. The van der Waals surface area contributed by atoms with Crippen LogP contribution in [-0.2, 0) is 14.8 Å². The normalized spacial score (nSPS) is 24.2. The van der Waals surface area contributed by atoms with E-state index < -0.39 is 45.5 Å². The van der Waals surface area contributed by atoms with Crippen LogP contribution in [0, 0.1) is 0 Å². The molecule has 3 aromatic rings. The number of sulfonamides is 1. The van der Waals surface area contributed by atoms with Crippen molar-refractivity contribution in [1.29, 1.82) is 0 Å². The Morgan fingerprint density at radius 2 is 2.08 bits per heavy atom. The van der Waals surface area contributed by atoms with Gasteiger partial charge in [0, 0.05) is 48.1 Å². The minimum Gasteiger partial charge on any atom is -0.355 e. The van der Waals surface area contributed by atoms with Gasteiger partial charge in [0.1, 0.15) is 23.5 Å². The highest BCUT2D eigenvalue weighted by atomic mass is 32.2. The van der Waals surface area contributed by atoms with Gasteiger partial charge in [0.15, 0.2) is 5.82 Å². The Morgan fingerprint density at radius 3 is 2.83 bits per heavy atom. The molecule has 3 N–H and O–H groups in total. The molecular formula is C22H22F3N7O3S. The number of H-pyrrole nitrogens is 1. The standard InChI is InChI=1S/C22H22F3N7O3S/c23-22(24,25)11-29-20(33)21-5-7-32(36(34,35)12-3-4-12)16(8-21)15-10-28-18(30-19(15)31-21)14-9-27-17-13(14)2-1-6-26-17/h1-2,6,9-10,12,16H,3-5,7-8,11H2,(H,26,27)(H,29,33)(H,28,30,31). The van der Waals surface area contributed by atoms with Crippen LogP contribution in [0.1, 0.15) is 37.3 Å². The number of nitrogens with zero attached hydrogens (tertiary/aromatic N) is 4. The first kappa shape index (κ1) is 23.2. The molecule has 1 amide bonds. The first-order valence-electron chi connectivity index (χ1n) is 11.5. The van der Waals surface area contributed by atoms with Gasteiger partial charge in [-0.3, -0.25) is 4.79 Å².